The Balaban J connectivity index is 2.01. The second-order valence-corrected chi connectivity index (χ2v) is 5.21. The summed E-state index contributed by atoms with van der Waals surface area (Å²) in [6.45, 7) is 0.468. The molecule has 3 rings (SSSR count). The van der Waals surface area contributed by atoms with E-state index in [0.29, 0.717) is 17.9 Å². The standard InChI is InChI=1S/C19H15N2O3/c1-24-12-13-8-9-16(15-6-3-2-5-14(13)15)19(23)21-17-7-4-10-20-18(17)11-22/h2-10H,12H2,1H3,(H,21,23). The summed E-state index contributed by atoms with van der Waals surface area (Å²) in [7, 11) is 1.63. The van der Waals surface area contributed by atoms with Crippen LogP contribution in [-0.4, -0.2) is 24.3 Å². The van der Waals surface area contributed by atoms with Crippen molar-refractivity contribution < 1.29 is 14.3 Å². The minimum Gasteiger partial charge on any atom is -0.380 e. The molecular weight excluding hydrogens is 304 g/mol. The molecule has 0 atom stereocenters. The number of fused-ring (bicyclic) bond motifs is 1. The predicted molar refractivity (Wildman–Crippen MR) is 91.6 cm³/mol. The zero-order valence-corrected chi connectivity index (χ0v) is 13.1. The number of carbonyl (C=O) groups excluding carboxylic acids is 2. The summed E-state index contributed by atoms with van der Waals surface area (Å²) in [6, 6.07) is 14.5. The van der Waals surface area contributed by atoms with Crippen molar-refractivity contribution in [3.05, 3.63) is 71.5 Å². The van der Waals surface area contributed by atoms with Crippen LogP contribution in [0.5, 0.6) is 0 Å². The van der Waals surface area contributed by atoms with Crippen molar-refractivity contribution >= 4 is 28.7 Å². The van der Waals surface area contributed by atoms with Gasteiger partial charge in [0.1, 0.15) is 5.69 Å². The number of pyridine rings is 1. The van der Waals surface area contributed by atoms with Crippen LogP contribution in [0, 0.1) is 0 Å². The normalized spacial score (nSPS) is 10.5. The first kappa shape index (κ1) is 15.8. The fraction of sp³-hybridized carbons (Fsp3) is 0.105. The fourth-order valence-corrected chi connectivity index (χ4v) is 2.62. The molecule has 5 nitrogen and oxygen atoms in total. The van der Waals surface area contributed by atoms with E-state index < -0.39 is 0 Å². The third kappa shape index (κ3) is 3.02. The average Bonchev–Trinajstić information content (AvgIpc) is 2.62. The second kappa shape index (κ2) is 7.02. The summed E-state index contributed by atoms with van der Waals surface area (Å²) >= 11 is 0. The Morgan fingerprint density at radius 1 is 1.12 bits per heavy atom. The minimum absolute atomic E-state index is 0.0751. The average molecular weight is 319 g/mol. The van der Waals surface area contributed by atoms with Gasteiger partial charge in [0.15, 0.2) is 0 Å². The molecule has 24 heavy (non-hydrogen) atoms. The van der Waals surface area contributed by atoms with E-state index in [-0.39, 0.29) is 11.6 Å². The van der Waals surface area contributed by atoms with E-state index in [2.05, 4.69) is 10.3 Å². The predicted octanol–water partition coefficient (Wildman–Crippen LogP) is 3.09. The van der Waals surface area contributed by atoms with Crippen molar-refractivity contribution in [1.82, 2.24) is 4.98 Å². The summed E-state index contributed by atoms with van der Waals surface area (Å²) in [4.78, 5) is 27.5. The molecule has 3 aromatic rings. The molecule has 5 heteroatoms. The van der Waals surface area contributed by atoms with Gasteiger partial charge in [0.05, 0.1) is 12.3 Å². The van der Waals surface area contributed by atoms with Gasteiger partial charge in [0, 0.05) is 18.9 Å². The SMILES string of the molecule is COCc1ccc(C(=O)Nc2cccnc2[C]=O)c2ccccc12. The van der Waals surface area contributed by atoms with E-state index in [0.717, 1.165) is 16.3 Å². The number of hydrogen-bond donors (Lipinski definition) is 1. The van der Waals surface area contributed by atoms with Crippen LogP contribution >= 0.6 is 0 Å². The van der Waals surface area contributed by atoms with Gasteiger partial charge in [-0.15, -0.1) is 0 Å². The van der Waals surface area contributed by atoms with E-state index >= 15 is 0 Å². The lowest BCUT2D eigenvalue weighted by Gasteiger charge is -2.12. The van der Waals surface area contributed by atoms with Crippen molar-refractivity contribution in [3.63, 3.8) is 0 Å². The van der Waals surface area contributed by atoms with Crippen LogP contribution < -0.4 is 5.32 Å². The molecule has 0 aliphatic heterocycles. The summed E-state index contributed by atoms with van der Waals surface area (Å²) < 4.78 is 5.21. The molecule has 1 aromatic heterocycles. The van der Waals surface area contributed by atoms with Gasteiger partial charge >= 0.3 is 0 Å². The van der Waals surface area contributed by atoms with Crippen molar-refractivity contribution in [2.45, 2.75) is 6.61 Å². The Kier molecular flexibility index (Phi) is 4.63. The summed E-state index contributed by atoms with van der Waals surface area (Å²) in [5.41, 5.74) is 1.94. The Labute approximate surface area is 139 Å². The highest BCUT2D eigenvalue weighted by atomic mass is 16.5. The number of nitrogens with one attached hydrogen (secondary N) is 1. The van der Waals surface area contributed by atoms with E-state index in [4.69, 9.17) is 4.74 Å². The van der Waals surface area contributed by atoms with Crippen LogP contribution in [0.2, 0.25) is 0 Å². The van der Waals surface area contributed by atoms with E-state index in [1.165, 1.54) is 6.20 Å². The molecule has 0 saturated heterocycles. The Bertz CT molecular complexity index is 906. The maximum Gasteiger partial charge on any atom is 0.256 e. The van der Waals surface area contributed by atoms with E-state index in [1.54, 1.807) is 31.6 Å². The fourth-order valence-electron chi connectivity index (χ4n) is 2.62. The maximum absolute atomic E-state index is 12.7. The Morgan fingerprint density at radius 3 is 2.67 bits per heavy atom. The number of amides is 1. The van der Waals surface area contributed by atoms with Gasteiger partial charge in [0.25, 0.3) is 12.2 Å². The lowest BCUT2D eigenvalue weighted by Crippen LogP contribution is -2.14. The molecule has 0 aliphatic carbocycles. The second-order valence-electron chi connectivity index (χ2n) is 5.21. The number of aromatic nitrogens is 1. The zero-order chi connectivity index (χ0) is 16.9. The van der Waals surface area contributed by atoms with Crippen LogP contribution in [0.3, 0.4) is 0 Å². The van der Waals surface area contributed by atoms with Crippen molar-refractivity contribution in [2.24, 2.45) is 0 Å². The minimum atomic E-state index is -0.306. The van der Waals surface area contributed by atoms with Gasteiger partial charge in [-0.05, 0) is 34.5 Å². The van der Waals surface area contributed by atoms with Gasteiger partial charge in [0.2, 0.25) is 0 Å². The number of carbonyl (C=O) groups is 1. The van der Waals surface area contributed by atoms with E-state index in [9.17, 15) is 9.59 Å². The molecule has 119 valence electrons. The van der Waals surface area contributed by atoms with Crippen LogP contribution in [0.4, 0.5) is 5.69 Å². The first-order valence-corrected chi connectivity index (χ1v) is 7.38. The molecule has 0 bridgehead atoms. The molecule has 1 radical (unpaired) electrons. The Hall–Kier alpha value is -3.05. The molecule has 0 spiro atoms. The lowest BCUT2D eigenvalue weighted by molar-refractivity contribution is 0.102. The smallest absolute Gasteiger partial charge is 0.256 e. The number of rotatable bonds is 5. The number of anilines is 1. The summed E-state index contributed by atoms with van der Waals surface area (Å²) in [5.74, 6) is -0.306. The molecule has 2 aromatic carbocycles. The van der Waals surface area contributed by atoms with Gasteiger partial charge in [-0.2, -0.15) is 0 Å². The molecule has 1 amide bonds. The highest BCUT2D eigenvalue weighted by molar-refractivity contribution is 6.14. The third-order valence-electron chi connectivity index (χ3n) is 3.71. The summed E-state index contributed by atoms with van der Waals surface area (Å²) in [5, 5.41) is 4.51. The topological polar surface area (TPSA) is 68.3 Å². The molecular formula is C19H15N2O3. The van der Waals surface area contributed by atoms with Crippen molar-refractivity contribution in [3.8, 4) is 0 Å². The highest BCUT2D eigenvalue weighted by Crippen LogP contribution is 2.24. The van der Waals surface area contributed by atoms with Crippen LogP contribution in [0.15, 0.2) is 54.7 Å². The highest BCUT2D eigenvalue weighted by Gasteiger charge is 2.14. The number of benzene rings is 2. The van der Waals surface area contributed by atoms with Gasteiger partial charge < -0.3 is 10.1 Å². The number of ether oxygens (including phenoxy) is 1. The van der Waals surface area contributed by atoms with Crippen LogP contribution in [-0.2, 0) is 16.1 Å². The lowest BCUT2D eigenvalue weighted by atomic mass is 9.99. The van der Waals surface area contributed by atoms with E-state index in [1.807, 2.05) is 30.3 Å². The largest absolute Gasteiger partial charge is 0.380 e. The van der Waals surface area contributed by atoms with Crippen molar-refractivity contribution in [2.75, 3.05) is 12.4 Å². The number of hydrogen-bond acceptors (Lipinski definition) is 4. The molecule has 1 N–H and O–H groups in total. The van der Waals surface area contributed by atoms with Gasteiger partial charge in [-0.3, -0.25) is 14.6 Å². The van der Waals surface area contributed by atoms with Crippen LogP contribution in [0.1, 0.15) is 21.6 Å². The molecule has 0 unspecified atom stereocenters. The number of nitrogens with zero attached hydrogens (tertiary/aromatic N) is 1. The first-order valence-electron chi connectivity index (χ1n) is 7.38. The molecule has 0 saturated carbocycles. The zero-order valence-electron chi connectivity index (χ0n) is 13.1. The maximum atomic E-state index is 12.7. The molecule has 1 heterocycles. The molecule has 0 fully saturated rings. The monoisotopic (exact) mass is 319 g/mol. The van der Waals surface area contributed by atoms with Gasteiger partial charge in [-0.1, -0.05) is 30.3 Å². The molecule has 0 aliphatic rings. The Morgan fingerprint density at radius 2 is 1.92 bits per heavy atom. The summed E-state index contributed by atoms with van der Waals surface area (Å²) in [6.07, 6.45) is 3.20. The number of methoxy groups -OCH3 is 1. The van der Waals surface area contributed by atoms with Crippen LogP contribution in [0.25, 0.3) is 10.8 Å². The van der Waals surface area contributed by atoms with Crippen molar-refractivity contribution in [1.29, 1.82) is 0 Å². The quantitative estimate of drug-likeness (QED) is 0.784. The van der Waals surface area contributed by atoms with Gasteiger partial charge in [-0.25, -0.2) is 0 Å². The third-order valence-corrected chi connectivity index (χ3v) is 3.71. The first-order chi connectivity index (χ1) is 11.7.